The van der Waals surface area contributed by atoms with E-state index in [1.54, 1.807) is 25.3 Å². The van der Waals surface area contributed by atoms with Gasteiger partial charge in [-0.2, -0.15) is 5.26 Å². The fourth-order valence-electron chi connectivity index (χ4n) is 2.98. The molecule has 26 heavy (non-hydrogen) atoms. The lowest BCUT2D eigenvalue weighted by Crippen LogP contribution is -2.13. The molecule has 2 aromatic carbocycles. The van der Waals surface area contributed by atoms with Gasteiger partial charge in [-0.1, -0.05) is 12.1 Å². The van der Waals surface area contributed by atoms with Crippen molar-refractivity contribution in [3.63, 3.8) is 0 Å². The van der Waals surface area contributed by atoms with Crippen LogP contribution in [0.1, 0.15) is 23.6 Å². The molecule has 0 unspecified atom stereocenters. The number of hydrogen-bond donors (Lipinski definition) is 1. The number of rotatable bonds is 4. The smallest absolute Gasteiger partial charge is 0.266 e. The number of nitrogens with zero attached hydrogens (tertiary/aromatic N) is 1. The van der Waals surface area contributed by atoms with E-state index in [1.807, 2.05) is 44.2 Å². The van der Waals surface area contributed by atoms with Gasteiger partial charge in [0.15, 0.2) is 0 Å². The summed E-state index contributed by atoms with van der Waals surface area (Å²) in [4.78, 5) is 12.5. The largest absolute Gasteiger partial charge is 0.497 e. The molecule has 3 rings (SSSR count). The number of aryl methyl sites for hydroxylation is 1. The fraction of sp³-hybridized carbons (Fsp3) is 0.238. The molecule has 0 aliphatic carbocycles. The molecule has 2 aromatic rings. The Hall–Kier alpha value is -3.26. The van der Waals surface area contributed by atoms with Crippen molar-refractivity contribution in [2.24, 2.45) is 0 Å². The predicted octanol–water partition coefficient (Wildman–Crippen LogP) is 3.87. The molecule has 132 valence electrons. The van der Waals surface area contributed by atoms with Crippen LogP contribution in [0.15, 0.2) is 42.0 Å². The second-order valence-electron chi connectivity index (χ2n) is 6.33. The zero-order valence-electron chi connectivity index (χ0n) is 15.0. The number of amides is 1. The summed E-state index contributed by atoms with van der Waals surface area (Å²) < 4.78 is 11.2. The number of hydrogen-bond acceptors (Lipinski definition) is 4. The van der Waals surface area contributed by atoms with Crippen LogP contribution in [0.4, 0.5) is 5.69 Å². The lowest BCUT2D eigenvalue weighted by atomic mass is 10.0. The third-order valence-electron chi connectivity index (χ3n) is 4.17. The number of carbonyl (C=O) groups is 1. The van der Waals surface area contributed by atoms with E-state index in [2.05, 4.69) is 5.32 Å². The summed E-state index contributed by atoms with van der Waals surface area (Å²) in [5.41, 5.74) is 3.36. The van der Waals surface area contributed by atoms with Gasteiger partial charge in [0.25, 0.3) is 5.91 Å². The summed E-state index contributed by atoms with van der Waals surface area (Å²) >= 11 is 0. The molecule has 1 N–H and O–H groups in total. The van der Waals surface area contributed by atoms with E-state index in [-0.39, 0.29) is 11.7 Å². The van der Waals surface area contributed by atoms with Gasteiger partial charge in [0, 0.05) is 23.2 Å². The first-order valence-corrected chi connectivity index (χ1v) is 8.37. The molecule has 0 spiro atoms. The highest BCUT2D eigenvalue weighted by Crippen LogP contribution is 2.37. The van der Waals surface area contributed by atoms with E-state index in [4.69, 9.17) is 9.47 Å². The third kappa shape index (κ3) is 3.70. The molecular formula is C21H20N2O3. The summed E-state index contributed by atoms with van der Waals surface area (Å²) in [6.45, 7) is 3.92. The van der Waals surface area contributed by atoms with Gasteiger partial charge in [0.05, 0.1) is 7.11 Å². The molecule has 0 saturated heterocycles. The SMILES string of the molecule is COc1cc(/C=C(\C#N)C(=O)Nc2cccc(C)c2)c2c(c1)C[C@H](C)O2. The molecule has 0 saturated carbocycles. The topological polar surface area (TPSA) is 71.3 Å². The van der Waals surface area contributed by atoms with Crippen molar-refractivity contribution >= 4 is 17.7 Å². The van der Waals surface area contributed by atoms with Crippen LogP contribution in [0.2, 0.25) is 0 Å². The van der Waals surface area contributed by atoms with Gasteiger partial charge in [-0.05, 0) is 49.8 Å². The van der Waals surface area contributed by atoms with Crippen LogP contribution in [0.3, 0.4) is 0 Å². The number of methoxy groups -OCH3 is 1. The minimum Gasteiger partial charge on any atom is -0.497 e. The van der Waals surface area contributed by atoms with E-state index in [0.717, 1.165) is 17.5 Å². The highest BCUT2D eigenvalue weighted by molar-refractivity contribution is 6.09. The van der Waals surface area contributed by atoms with Crippen LogP contribution < -0.4 is 14.8 Å². The van der Waals surface area contributed by atoms with Crippen molar-refractivity contribution in [1.82, 2.24) is 0 Å². The summed E-state index contributed by atoms with van der Waals surface area (Å²) in [5.74, 6) is 0.916. The number of anilines is 1. The molecule has 0 aromatic heterocycles. The van der Waals surface area contributed by atoms with Crippen molar-refractivity contribution in [2.45, 2.75) is 26.4 Å². The normalized spacial score (nSPS) is 15.6. The van der Waals surface area contributed by atoms with Gasteiger partial charge in [-0.3, -0.25) is 4.79 Å². The fourth-order valence-corrected chi connectivity index (χ4v) is 2.98. The maximum Gasteiger partial charge on any atom is 0.266 e. The molecule has 1 heterocycles. The van der Waals surface area contributed by atoms with Crippen LogP contribution >= 0.6 is 0 Å². The van der Waals surface area contributed by atoms with Crippen LogP contribution in [0.5, 0.6) is 11.5 Å². The predicted molar refractivity (Wildman–Crippen MR) is 100 cm³/mol. The molecule has 1 amide bonds. The molecule has 1 atom stereocenters. The molecule has 0 radical (unpaired) electrons. The van der Waals surface area contributed by atoms with E-state index in [0.29, 0.717) is 22.7 Å². The maximum atomic E-state index is 12.5. The molecule has 1 aliphatic rings. The summed E-state index contributed by atoms with van der Waals surface area (Å²) in [6.07, 6.45) is 2.37. The third-order valence-corrected chi connectivity index (χ3v) is 4.17. The number of ether oxygens (including phenoxy) is 2. The standard InChI is InChI=1S/C21H20N2O3/c1-13-5-4-6-18(7-13)23-21(24)17(12-22)9-16-11-19(25-3)10-15-8-14(2)26-20(15)16/h4-7,9-11,14H,8H2,1-3H3,(H,23,24)/b17-9+/t14-/m0/s1. The quantitative estimate of drug-likeness (QED) is 0.672. The van der Waals surface area contributed by atoms with E-state index < -0.39 is 5.91 Å². The van der Waals surface area contributed by atoms with Crippen LogP contribution in [0.25, 0.3) is 6.08 Å². The van der Waals surface area contributed by atoms with Crippen molar-refractivity contribution in [3.05, 3.63) is 58.7 Å². The molecule has 5 nitrogen and oxygen atoms in total. The second-order valence-corrected chi connectivity index (χ2v) is 6.33. The summed E-state index contributed by atoms with van der Waals surface area (Å²) in [6, 6.07) is 13.1. The van der Waals surface area contributed by atoms with Gasteiger partial charge in [0.1, 0.15) is 29.2 Å². The highest BCUT2D eigenvalue weighted by Gasteiger charge is 2.23. The average Bonchev–Trinajstić information content (AvgIpc) is 2.99. The van der Waals surface area contributed by atoms with Crippen LogP contribution in [-0.4, -0.2) is 19.1 Å². The molecular weight excluding hydrogens is 328 g/mol. The van der Waals surface area contributed by atoms with Gasteiger partial charge in [-0.25, -0.2) is 0 Å². The zero-order valence-corrected chi connectivity index (χ0v) is 15.0. The summed E-state index contributed by atoms with van der Waals surface area (Å²) in [5, 5.41) is 12.2. The van der Waals surface area contributed by atoms with Crippen molar-refractivity contribution < 1.29 is 14.3 Å². The lowest BCUT2D eigenvalue weighted by molar-refractivity contribution is -0.112. The van der Waals surface area contributed by atoms with Crippen LogP contribution in [-0.2, 0) is 11.2 Å². The monoisotopic (exact) mass is 348 g/mol. The molecule has 0 fully saturated rings. The number of carbonyl (C=O) groups excluding carboxylic acids is 1. The van der Waals surface area contributed by atoms with E-state index >= 15 is 0 Å². The minimum atomic E-state index is -0.458. The van der Waals surface area contributed by atoms with Crippen LogP contribution in [0, 0.1) is 18.3 Å². The number of nitriles is 1. The van der Waals surface area contributed by atoms with Gasteiger partial charge in [-0.15, -0.1) is 0 Å². The Morgan fingerprint density at radius 2 is 2.19 bits per heavy atom. The second kappa shape index (κ2) is 7.32. The number of nitrogens with one attached hydrogen (secondary N) is 1. The van der Waals surface area contributed by atoms with Crippen molar-refractivity contribution in [1.29, 1.82) is 5.26 Å². The summed E-state index contributed by atoms with van der Waals surface area (Å²) in [7, 11) is 1.59. The Balaban J connectivity index is 1.93. The Morgan fingerprint density at radius 3 is 2.88 bits per heavy atom. The zero-order chi connectivity index (χ0) is 18.7. The Bertz CT molecular complexity index is 925. The lowest BCUT2D eigenvalue weighted by Gasteiger charge is -2.10. The maximum absolute atomic E-state index is 12.5. The molecule has 5 heteroatoms. The van der Waals surface area contributed by atoms with E-state index in [9.17, 15) is 10.1 Å². The van der Waals surface area contributed by atoms with E-state index in [1.165, 1.54) is 0 Å². The van der Waals surface area contributed by atoms with Crippen molar-refractivity contribution in [3.8, 4) is 17.6 Å². The van der Waals surface area contributed by atoms with Gasteiger partial charge in [0.2, 0.25) is 0 Å². The Labute approximate surface area is 152 Å². The number of fused-ring (bicyclic) bond motifs is 1. The highest BCUT2D eigenvalue weighted by atomic mass is 16.5. The van der Waals surface area contributed by atoms with Gasteiger partial charge < -0.3 is 14.8 Å². The first kappa shape index (κ1) is 17.6. The molecule has 0 bridgehead atoms. The molecule has 1 aliphatic heterocycles. The minimum absolute atomic E-state index is 0.00473. The van der Waals surface area contributed by atoms with Gasteiger partial charge >= 0.3 is 0 Å². The average molecular weight is 348 g/mol. The Morgan fingerprint density at radius 1 is 1.38 bits per heavy atom. The first-order chi connectivity index (χ1) is 12.5. The Kier molecular flexibility index (Phi) is 4.94. The first-order valence-electron chi connectivity index (χ1n) is 8.37. The van der Waals surface area contributed by atoms with Crippen molar-refractivity contribution in [2.75, 3.05) is 12.4 Å². The number of benzene rings is 2.